The molecular weight excluding hydrogens is 319 g/mol. The Hall–Kier alpha value is -1.00. The molecule has 0 unspecified atom stereocenters. The highest BCUT2D eigenvalue weighted by Crippen LogP contribution is 2.31. The van der Waals surface area contributed by atoms with Crippen LogP contribution in [0.1, 0.15) is 19.6 Å². The summed E-state index contributed by atoms with van der Waals surface area (Å²) in [7, 11) is 0. The van der Waals surface area contributed by atoms with Gasteiger partial charge in [-0.3, -0.25) is 0 Å². The highest BCUT2D eigenvalue weighted by atomic mass is 35.5. The van der Waals surface area contributed by atoms with Gasteiger partial charge in [0.25, 0.3) is 0 Å². The van der Waals surface area contributed by atoms with Crippen LogP contribution in [0.2, 0.25) is 10.0 Å². The number of nitrogens with one attached hydrogen (secondary N) is 1. The summed E-state index contributed by atoms with van der Waals surface area (Å²) in [5, 5.41) is 3.53. The van der Waals surface area contributed by atoms with Gasteiger partial charge in [0, 0.05) is 10.6 Å². The molecular formula is C17H24Cl2N2O+2. The van der Waals surface area contributed by atoms with E-state index in [0.29, 0.717) is 10.0 Å². The van der Waals surface area contributed by atoms with E-state index in [1.54, 1.807) is 11.0 Å². The van der Waals surface area contributed by atoms with Crippen molar-refractivity contribution in [3.63, 3.8) is 0 Å². The monoisotopic (exact) mass is 342 g/mol. The number of benzene rings is 1. The molecule has 22 heavy (non-hydrogen) atoms. The Morgan fingerprint density at radius 1 is 1.09 bits per heavy atom. The first kappa shape index (κ1) is 17.4. The van der Waals surface area contributed by atoms with Gasteiger partial charge in [0.15, 0.2) is 5.76 Å². The van der Waals surface area contributed by atoms with Gasteiger partial charge in [-0.05, 0) is 44.2 Å². The zero-order chi connectivity index (χ0) is 15.9. The molecule has 1 heterocycles. The summed E-state index contributed by atoms with van der Waals surface area (Å²) in [4.78, 5) is 1.63. The van der Waals surface area contributed by atoms with Gasteiger partial charge in [0.05, 0.1) is 18.1 Å². The van der Waals surface area contributed by atoms with Crippen molar-refractivity contribution in [2.75, 3.05) is 26.2 Å². The summed E-state index contributed by atoms with van der Waals surface area (Å²) >= 11 is 12.1. The molecule has 2 rings (SSSR count). The van der Waals surface area contributed by atoms with Crippen LogP contribution in [0.25, 0.3) is 11.3 Å². The molecule has 0 amide bonds. The molecule has 5 heteroatoms. The molecule has 3 nitrogen and oxygen atoms in total. The summed E-state index contributed by atoms with van der Waals surface area (Å²) in [6.07, 6.45) is 0. The molecule has 0 atom stereocenters. The number of furan rings is 1. The quantitative estimate of drug-likeness (QED) is 0.709. The van der Waals surface area contributed by atoms with Crippen LogP contribution >= 0.6 is 23.2 Å². The number of nitrogens with two attached hydrogens (primary N) is 1. The zero-order valence-electron chi connectivity index (χ0n) is 13.2. The molecule has 1 aromatic heterocycles. The first-order valence-corrected chi connectivity index (χ1v) is 8.59. The molecule has 0 aliphatic rings. The highest BCUT2D eigenvalue weighted by molar-refractivity contribution is 6.36. The molecule has 0 bridgehead atoms. The maximum atomic E-state index is 6.21. The lowest BCUT2D eigenvalue weighted by Gasteiger charge is -2.13. The zero-order valence-corrected chi connectivity index (χ0v) is 14.7. The van der Waals surface area contributed by atoms with Gasteiger partial charge in [0.2, 0.25) is 0 Å². The van der Waals surface area contributed by atoms with E-state index in [9.17, 15) is 0 Å². The van der Waals surface area contributed by atoms with E-state index < -0.39 is 0 Å². The van der Waals surface area contributed by atoms with Crippen LogP contribution in [-0.4, -0.2) is 26.2 Å². The summed E-state index contributed by atoms with van der Waals surface area (Å²) < 4.78 is 5.88. The van der Waals surface area contributed by atoms with Gasteiger partial charge >= 0.3 is 0 Å². The molecule has 0 saturated heterocycles. The molecule has 0 aliphatic carbocycles. The summed E-state index contributed by atoms with van der Waals surface area (Å²) in [6.45, 7) is 9.97. The largest absolute Gasteiger partial charge is 0.455 e. The van der Waals surface area contributed by atoms with Crippen LogP contribution in [0.3, 0.4) is 0 Å². The summed E-state index contributed by atoms with van der Waals surface area (Å²) in [5.74, 6) is 1.76. The lowest BCUT2D eigenvalue weighted by atomic mass is 10.2. The SMILES string of the molecule is CC[NH+](CC)CC[NH2+]Cc1ccc(-c2ccc(Cl)cc2Cl)o1. The smallest absolute Gasteiger partial charge is 0.158 e. The van der Waals surface area contributed by atoms with Crippen molar-refractivity contribution in [1.82, 2.24) is 0 Å². The molecule has 2 aromatic rings. The number of hydrogen-bond donors (Lipinski definition) is 2. The molecule has 0 spiro atoms. The fraction of sp³-hybridized carbons (Fsp3) is 0.412. The molecule has 0 radical (unpaired) electrons. The van der Waals surface area contributed by atoms with E-state index >= 15 is 0 Å². The van der Waals surface area contributed by atoms with Crippen LogP contribution < -0.4 is 10.2 Å². The second kappa shape index (κ2) is 8.59. The van der Waals surface area contributed by atoms with E-state index in [-0.39, 0.29) is 0 Å². The van der Waals surface area contributed by atoms with Crippen LogP contribution in [0.5, 0.6) is 0 Å². The normalized spacial score (nSPS) is 11.3. The number of quaternary nitrogens is 2. The fourth-order valence-electron chi connectivity index (χ4n) is 2.48. The van der Waals surface area contributed by atoms with Crippen molar-refractivity contribution in [2.24, 2.45) is 0 Å². The Morgan fingerprint density at radius 2 is 1.86 bits per heavy atom. The van der Waals surface area contributed by atoms with E-state index in [0.717, 1.165) is 30.2 Å². The lowest BCUT2D eigenvalue weighted by molar-refractivity contribution is -0.910. The van der Waals surface area contributed by atoms with Crippen molar-refractivity contribution in [2.45, 2.75) is 20.4 Å². The minimum absolute atomic E-state index is 0.613. The van der Waals surface area contributed by atoms with Crippen LogP contribution in [0.4, 0.5) is 0 Å². The summed E-state index contributed by atoms with van der Waals surface area (Å²) in [5.41, 5.74) is 0.880. The predicted molar refractivity (Wildman–Crippen MR) is 91.6 cm³/mol. The molecule has 1 aromatic carbocycles. The van der Waals surface area contributed by atoms with Crippen molar-refractivity contribution in [3.8, 4) is 11.3 Å². The van der Waals surface area contributed by atoms with Crippen molar-refractivity contribution in [3.05, 3.63) is 46.1 Å². The molecule has 0 saturated carbocycles. The number of halogens is 2. The minimum atomic E-state index is 0.613. The molecule has 120 valence electrons. The number of rotatable bonds is 8. The second-order valence-electron chi connectivity index (χ2n) is 5.38. The first-order valence-electron chi connectivity index (χ1n) is 7.83. The lowest BCUT2D eigenvalue weighted by Crippen LogP contribution is -3.14. The van der Waals surface area contributed by atoms with Crippen LogP contribution in [-0.2, 0) is 6.54 Å². The van der Waals surface area contributed by atoms with E-state index in [2.05, 4.69) is 19.2 Å². The standard InChI is InChI=1S/C17H22Cl2N2O/c1-3-21(4-2)10-9-20-12-14-6-8-17(22-14)15-7-5-13(18)11-16(15)19/h5-8,11,20H,3-4,9-10,12H2,1-2H3/p+2. The molecule has 0 fully saturated rings. The average molecular weight is 343 g/mol. The van der Waals surface area contributed by atoms with E-state index in [4.69, 9.17) is 27.6 Å². The van der Waals surface area contributed by atoms with Crippen molar-refractivity contribution >= 4 is 23.2 Å². The Kier molecular flexibility index (Phi) is 6.77. The fourth-order valence-corrected chi connectivity index (χ4v) is 2.98. The predicted octanol–water partition coefficient (Wildman–Crippen LogP) is 2.24. The molecule has 0 aliphatic heterocycles. The van der Waals surface area contributed by atoms with Gasteiger partial charge in [-0.1, -0.05) is 23.2 Å². The van der Waals surface area contributed by atoms with E-state index in [1.165, 1.54) is 19.6 Å². The first-order chi connectivity index (χ1) is 10.6. The van der Waals surface area contributed by atoms with Crippen molar-refractivity contribution < 1.29 is 14.6 Å². The Bertz CT molecular complexity index is 594. The van der Waals surface area contributed by atoms with Gasteiger partial charge < -0.3 is 14.6 Å². The Labute approximate surface area is 142 Å². The maximum absolute atomic E-state index is 6.21. The number of hydrogen-bond acceptors (Lipinski definition) is 1. The average Bonchev–Trinajstić information content (AvgIpc) is 2.96. The van der Waals surface area contributed by atoms with E-state index in [1.807, 2.05) is 24.3 Å². The topological polar surface area (TPSA) is 34.2 Å². The van der Waals surface area contributed by atoms with Gasteiger partial charge in [-0.15, -0.1) is 0 Å². The third-order valence-corrected chi connectivity index (χ3v) is 4.45. The summed E-state index contributed by atoms with van der Waals surface area (Å²) in [6, 6.07) is 9.43. The second-order valence-corrected chi connectivity index (χ2v) is 6.22. The van der Waals surface area contributed by atoms with Crippen LogP contribution in [0.15, 0.2) is 34.7 Å². The third-order valence-electron chi connectivity index (χ3n) is 3.91. The molecule has 3 N–H and O–H groups in total. The highest BCUT2D eigenvalue weighted by Gasteiger charge is 2.10. The Morgan fingerprint density at radius 3 is 2.55 bits per heavy atom. The van der Waals surface area contributed by atoms with Gasteiger partial charge in [-0.25, -0.2) is 0 Å². The number of likely N-dealkylation sites (N-methyl/N-ethyl adjacent to an activating group) is 1. The maximum Gasteiger partial charge on any atom is 0.158 e. The van der Waals surface area contributed by atoms with Gasteiger partial charge in [-0.2, -0.15) is 0 Å². The third kappa shape index (κ3) is 4.75. The minimum Gasteiger partial charge on any atom is -0.455 e. The van der Waals surface area contributed by atoms with Gasteiger partial charge in [0.1, 0.15) is 25.4 Å². The van der Waals surface area contributed by atoms with Crippen molar-refractivity contribution in [1.29, 1.82) is 0 Å². The van der Waals surface area contributed by atoms with Crippen LogP contribution in [0, 0.1) is 0 Å². The Balaban J connectivity index is 1.89.